The van der Waals surface area contributed by atoms with E-state index >= 15 is 0 Å². The van der Waals surface area contributed by atoms with Crippen molar-refractivity contribution in [3.05, 3.63) is 0 Å². The largest absolute Gasteiger partial charge is 0.372 e. The molecule has 1 aliphatic carbocycles. The topological polar surface area (TPSA) is 26.3 Å². The fourth-order valence-corrected chi connectivity index (χ4v) is 4.64. The average molecular weight is 240 g/mol. The van der Waals surface area contributed by atoms with Crippen LogP contribution >= 0.6 is 11.8 Å². The van der Waals surface area contributed by atoms with Gasteiger partial charge in [-0.15, -0.1) is 0 Å². The molecule has 90 valence electrons. The second-order valence-electron chi connectivity index (χ2n) is 5.58. The summed E-state index contributed by atoms with van der Waals surface area (Å²) in [7, 11) is 0. The Labute approximate surface area is 101 Å². The van der Waals surface area contributed by atoms with Crippen molar-refractivity contribution in [3.63, 3.8) is 0 Å². The van der Waals surface area contributed by atoms with Gasteiger partial charge in [0.15, 0.2) is 0 Å². The fraction of sp³-hybridized carbons (Fsp3) is 0.923. The van der Waals surface area contributed by atoms with Gasteiger partial charge in [-0.2, -0.15) is 11.8 Å². The molecule has 0 N–H and O–H groups in total. The molecule has 2 saturated heterocycles. The zero-order valence-corrected chi connectivity index (χ0v) is 10.6. The Morgan fingerprint density at radius 1 is 1.31 bits per heavy atom. The van der Waals surface area contributed by atoms with Crippen molar-refractivity contribution in [2.24, 2.45) is 5.92 Å². The van der Waals surface area contributed by atoms with Gasteiger partial charge in [0.05, 0.1) is 17.5 Å². The monoisotopic (exact) mass is 240 g/mol. The van der Waals surface area contributed by atoms with Crippen molar-refractivity contribution in [3.8, 4) is 0 Å². The number of carbonyl (C=O) groups excluding carboxylic acids is 1. The number of rotatable bonds is 2. The third kappa shape index (κ3) is 2.04. The fourth-order valence-electron chi connectivity index (χ4n) is 3.48. The SMILES string of the molecule is O=C1CSCC1CC1CCC2(CCCC2)O1. The van der Waals surface area contributed by atoms with Crippen LogP contribution in [0.25, 0.3) is 0 Å². The predicted octanol–water partition coefficient (Wildman–Crippen LogP) is 2.80. The molecule has 1 saturated carbocycles. The predicted molar refractivity (Wildman–Crippen MR) is 65.7 cm³/mol. The Kier molecular flexibility index (Phi) is 3.01. The summed E-state index contributed by atoms with van der Waals surface area (Å²) in [6.45, 7) is 0. The second kappa shape index (κ2) is 4.34. The summed E-state index contributed by atoms with van der Waals surface area (Å²) < 4.78 is 6.26. The average Bonchev–Trinajstić information content (AvgIpc) is 2.96. The molecule has 3 aliphatic rings. The third-order valence-corrected chi connectivity index (χ3v) is 5.55. The van der Waals surface area contributed by atoms with Gasteiger partial charge in [-0.3, -0.25) is 4.79 Å². The van der Waals surface area contributed by atoms with E-state index in [2.05, 4.69) is 0 Å². The highest BCUT2D eigenvalue weighted by molar-refractivity contribution is 8.00. The number of carbonyl (C=O) groups is 1. The molecule has 0 aromatic heterocycles. The lowest BCUT2D eigenvalue weighted by atomic mass is 9.95. The van der Waals surface area contributed by atoms with Gasteiger partial charge in [0.1, 0.15) is 5.78 Å². The molecule has 1 spiro atoms. The van der Waals surface area contributed by atoms with E-state index < -0.39 is 0 Å². The molecule has 16 heavy (non-hydrogen) atoms. The maximum Gasteiger partial charge on any atom is 0.146 e. The van der Waals surface area contributed by atoms with E-state index in [9.17, 15) is 4.79 Å². The summed E-state index contributed by atoms with van der Waals surface area (Å²) in [6.07, 6.45) is 9.00. The maximum absolute atomic E-state index is 11.6. The van der Waals surface area contributed by atoms with E-state index in [0.29, 0.717) is 17.8 Å². The smallest absolute Gasteiger partial charge is 0.146 e. The Morgan fingerprint density at radius 2 is 2.12 bits per heavy atom. The number of hydrogen-bond donors (Lipinski definition) is 0. The summed E-state index contributed by atoms with van der Waals surface area (Å²) >= 11 is 1.79. The van der Waals surface area contributed by atoms with Crippen LogP contribution in [0.5, 0.6) is 0 Å². The van der Waals surface area contributed by atoms with Gasteiger partial charge in [-0.25, -0.2) is 0 Å². The van der Waals surface area contributed by atoms with Gasteiger partial charge in [0.2, 0.25) is 0 Å². The molecule has 3 rings (SSSR count). The highest BCUT2D eigenvalue weighted by Crippen LogP contribution is 2.45. The van der Waals surface area contributed by atoms with Crippen molar-refractivity contribution < 1.29 is 9.53 Å². The zero-order chi connectivity index (χ0) is 11.0. The van der Waals surface area contributed by atoms with Crippen molar-refractivity contribution >= 4 is 17.5 Å². The summed E-state index contributed by atoms with van der Waals surface area (Å²) in [5.41, 5.74) is 0.236. The van der Waals surface area contributed by atoms with Crippen LogP contribution in [0, 0.1) is 5.92 Å². The summed E-state index contributed by atoms with van der Waals surface area (Å²) in [4.78, 5) is 11.6. The molecule has 2 heterocycles. The minimum atomic E-state index is 0.236. The minimum absolute atomic E-state index is 0.236. The molecule has 0 radical (unpaired) electrons. The summed E-state index contributed by atoms with van der Waals surface area (Å²) in [5.74, 6) is 2.53. The van der Waals surface area contributed by atoms with Crippen molar-refractivity contribution in [1.29, 1.82) is 0 Å². The third-order valence-electron chi connectivity index (χ3n) is 4.42. The number of ether oxygens (including phenoxy) is 1. The van der Waals surface area contributed by atoms with Gasteiger partial charge in [0.25, 0.3) is 0 Å². The standard InChI is InChI=1S/C13H20O2S/c14-12-9-16-8-10(12)7-11-3-6-13(15-11)4-1-2-5-13/h10-11H,1-9H2. The Hall–Kier alpha value is -0.0200. The molecule has 0 aromatic rings. The second-order valence-corrected chi connectivity index (χ2v) is 6.61. The first-order valence-electron chi connectivity index (χ1n) is 6.56. The molecule has 3 fully saturated rings. The van der Waals surface area contributed by atoms with Crippen LogP contribution in [-0.2, 0) is 9.53 Å². The normalized spacial score (nSPS) is 37.6. The van der Waals surface area contributed by atoms with Crippen LogP contribution < -0.4 is 0 Å². The van der Waals surface area contributed by atoms with Crippen LogP contribution in [0.15, 0.2) is 0 Å². The molecule has 0 amide bonds. The van der Waals surface area contributed by atoms with E-state index in [1.165, 1.54) is 38.5 Å². The first-order valence-corrected chi connectivity index (χ1v) is 7.71. The summed E-state index contributed by atoms with van der Waals surface area (Å²) in [6, 6.07) is 0. The van der Waals surface area contributed by atoms with E-state index in [0.717, 1.165) is 17.9 Å². The van der Waals surface area contributed by atoms with Gasteiger partial charge >= 0.3 is 0 Å². The Bertz CT molecular complexity index is 284. The van der Waals surface area contributed by atoms with E-state index in [-0.39, 0.29) is 5.60 Å². The van der Waals surface area contributed by atoms with Crippen LogP contribution in [0.1, 0.15) is 44.9 Å². The van der Waals surface area contributed by atoms with E-state index in [4.69, 9.17) is 4.74 Å². The number of thioether (sulfide) groups is 1. The highest BCUT2D eigenvalue weighted by atomic mass is 32.2. The van der Waals surface area contributed by atoms with Crippen molar-refractivity contribution in [2.45, 2.75) is 56.7 Å². The Morgan fingerprint density at radius 3 is 2.81 bits per heavy atom. The molecule has 3 heteroatoms. The highest BCUT2D eigenvalue weighted by Gasteiger charge is 2.43. The maximum atomic E-state index is 11.6. The zero-order valence-electron chi connectivity index (χ0n) is 9.74. The molecule has 2 aliphatic heterocycles. The first-order chi connectivity index (χ1) is 7.77. The Balaban J connectivity index is 1.55. The van der Waals surface area contributed by atoms with Crippen LogP contribution in [-0.4, -0.2) is 29.0 Å². The quantitative estimate of drug-likeness (QED) is 0.742. The lowest BCUT2D eigenvalue weighted by Gasteiger charge is -2.24. The minimum Gasteiger partial charge on any atom is -0.372 e. The molecule has 2 unspecified atom stereocenters. The molecule has 0 aromatic carbocycles. The van der Waals surface area contributed by atoms with Crippen molar-refractivity contribution in [1.82, 2.24) is 0 Å². The molecule has 0 bridgehead atoms. The van der Waals surface area contributed by atoms with E-state index in [1.54, 1.807) is 11.8 Å². The van der Waals surface area contributed by atoms with Crippen molar-refractivity contribution in [2.75, 3.05) is 11.5 Å². The van der Waals surface area contributed by atoms with Gasteiger partial charge in [0, 0.05) is 11.7 Å². The number of Topliss-reactive ketones (excluding diaryl/α,β-unsaturated/α-hetero) is 1. The van der Waals surface area contributed by atoms with Gasteiger partial charge in [-0.05, 0) is 32.1 Å². The van der Waals surface area contributed by atoms with Crippen LogP contribution in [0.2, 0.25) is 0 Å². The number of hydrogen-bond acceptors (Lipinski definition) is 3. The van der Waals surface area contributed by atoms with Crippen LogP contribution in [0.3, 0.4) is 0 Å². The molecule has 2 nitrogen and oxygen atoms in total. The summed E-state index contributed by atoms with van der Waals surface area (Å²) in [5, 5.41) is 0. The molecular weight excluding hydrogens is 220 g/mol. The van der Waals surface area contributed by atoms with Gasteiger partial charge in [-0.1, -0.05) is 12.8 Å². The first kappa shape index (κ1) is 11.1. The number of ketones is 1. The molecule has 2 atom stereocenters. The molecular formula is C13H20O2S. The van der Waals surface area contributed by atoms with Crippen LogP contribution in [0.4, 0.5) is 0 Å². The lowest BCUT2D eigenvalue weighted by molar-refractivity contribution is -0.121. The van der Waals surface area contributed by atoms with Gasteiger partial charge < -0.3 is 4.74 Å². The lowest BCUT2D eigenvalue weighted by Crippen LogP contribution is -2.26. The van der Waals surface area contributed by atoms with E-state index in [1.807, 2.05) is 0 Å².